The molecule has 3 rings (SSSR count). The van der Waals surface area contributed by atoms with Gasteiger partial charge in [-0.1, -0.05) is 36.4 Å². The van der Waals surface area contributed by atoms with E-state index < -0.39 is 0 Å². The molecule has 0 radical (unpaired) electrons. The fraction of sp³-hybridized carbons (Fsp3) is 0.188. The first kappa shape index (κ1) is 11.8. The molecule has 0 aromatic heterocycles. The van der Waals surface area contributed by atoms with Gasteiger partial charge in [-0.2, -0.15) is 5.10 Å². The number of para-hydroxylation sites is 1. The Kier molecular flexibility index (Phi) is 2.95. The van der Waals surface area contributed by atoms with Crippen molar-refractivity contribution in [2.24, 2.45) is 5.10 Å². The molecule has 2 aromatic rings. The highest BCUT2D eigenvalue weighted by atomic mass is 16.3. The van der Waals surface area contributed by atoms with Crippen LogP contribution >= 0.6 is 0 Å². The van der Waals surface area contributed by atoms with Crippen LogP contribution in [0.3, 0.4) is 0 Å². The molecule has 0 fully saturated rings. The number of nitrogens with one attached hydrogen (secondary N) is 1. The number of aromatic hydroxyl groups is 1. The molecular formula is C16H16N2O. The van der Waals surface area contributed by atoms with Crippen molar-refractivity contribution < 1.29 is 5.11 Å². The van der Waals surface area contributed by atoms with E-state index in [1.807, 2.05) is 30.3 Å². The Bertz CT molecular complexity index is 634. The smallest absolute Gasteiger partial charge is 0.124 e. The largest absolute Gasteiger partial charge is 0.507 e. The van der Waals surface area contributed by atoms with Crippen LogP contribution < -0.4 is 5.43 Å². The summed E-state index contributed by atoms with van der Waals surface area (Å²) in [5.74, 6) is 0.286. The molecule has 0 amide bonds. The Hall–Kier alpha value is -2.29. The summed E-state index contributed by atoms with van der Waals surface area (Å²) in [4.78, 5) is 0. The van der Waals surface area contributed by atoms with Crippen molar-refractivity contribution in [3.63, 3.8) is 0 Å². The minimum absolute atomic E-state index is 0.191. The number of hydrogen-bond donors (Lipinski definition) is 2. The maximum absolute atomic E-state index is 9.87. The van der Waals surface area contributed by atoms with Gasteiger partial charge in [-0.3, -0.25) is 0 Å². The third-order valence-corrected chi connectivity index (χ3v) is 3.53. The van der Waals surface area contributed by atoms with E-state index in [-0.39, 0.29) is 11.8 Å². The first-order valence-electron chi connectivity index (χ1n) is 6.41. The van der Waals surface area contributed by atoms with Crippen molar-refractivity contribution in [1.82, 2.24) is 5.43 Å². The molecular weight excluding hydrogens is 236 g/mol. The van der Waals surface area contributed by atoms with Crippen molar-refractivity contribution in [1.29, 1.82) is 0 Å². The minimum Gasteiger partial charge on any atom is -0.507 e. The molecule has 3 heteroatoms. The van der Waals surface area contributed by atoms with Crippen molar-refractivity contribution in [2.75, 3.05) is 0 Å². The number of nitrogens with zero attached hydrogens (tertiary/aromatic N) is 1. The zero-order chi connectivity index (χ0) is 13.2. The zero-order valence-electron chi connectivity index (χ0n) is 10.8. The van der Waals surface area contributed by atoms with Crippen LogP contribution in [0.5, 0.6) is 5.75 Å². The molecule has 96 valence electrons. The highest BCUT2D eigenvalue weighted by Gasteiger charge is 2.23. The molecule has 2 N–H and O–H groups in total. The second-order valence-corrected chi connectivity index (χ2v) is 4.82. The van der Waals surface area contributed by atoms with Gasteiger partial charge in [-0.05, 0) is 30.2 Å². The first-order chi connectivity index (χ1) is 9.25. The van der Waals surface area contributed by atoms with E-state index in [0.29, 0.717) is 0 Å². The average Bonchev–Trinajstić information content (AvgIpc) is 2.89. The van der Waals surface area contributed by atoms with Gasteiger partial charge in [0.25, 0.3) is 0 Å². The Balaban J connectivity index is 1.85. The van der Waals surface area contributed by atoms with Gasteiger partial charge in [-0.15, -0.1) is 0 Å². The number of rotatable bonds is 2. The molecule has 1 aliphatic rings. The molecule has 0 aliphatic carbocycles. The Labute approximate surface area is 112 Å². The van der Waals surface area contributed by atoms with E-state index >= 15 is 0 Å². The quantitative estimate of drug-likeness (QED) is 0.862. The van der Waals surface area contributed by atoms with Gasteiger partial charge in [0.1, 0.15) is 5.75 Å². The van der Waals surface area contributed by atoms with Gasteiger partial charge in [0.2, 0.25) is 0 Å². The lowest BCUT2D eigenvalue weighted by Crippen LogP contribution is -2.11. The summed E-state index contributed by atoms with van der Waals surface area (Å²) < 4.78 is 0. The van der Waals surface area contributed by atoms with Gasteiger partial charge in [-0.25, -0.2) is 0 Å². The van der Waals surface area contributed by atoms with Crippen molar-refractivity contribution in [3.05, 3.63) is 65.2 Å². The fourth-order valence-corrected chi connectivity index (χ4v) is 2.49. The Morgan fingerprint density at radius 2 is 1.84 bits per heavy atom. The minimum atomic E-state index is 0.191. The highest BCUT2D eigenvalue weighted by Crippen LogP contribution is 2.29. The Morgan fingerprint density at radius 3 is 2.63 bits per heavy atom. The van der Waals surface area contributed by atoms with Gasteiger partial charge >= 0.3 is 0 Å². The van der Waals surface area contributed by atoms with E-state index in [2.05, 4.69) is 29.6 Å². The van der Waals surface area contributed by atoms with Crippen LogP contribution in [0.2, 0.25) is 0 Å². The molecule has 1 unspecified atom stereocenters. The maximum Gasteiger partial charge on any atom is 0.124 e. The molecule has 3 nitrogen and oxygen atoms in total. The predicted octanol–water partition coefficient (Wildman–Crippen LogP) is 3.14. The number of phenols is 1. The third kappa shape index (κ3) is 2.19. The summed E-state index contributed by atoms with van der Waals surface area (Å²) in [6, 6.07) is 15.8. The van der Waals surface area contributed by atoms with Crippen LogP contribution in [0, 0.1) is 6.92 Å². The topological polar surface area (TPSA) is 44.6 Å². The molecule has 1 aliphatic heterocycles. The van der Waals surface area contributed by atoms with Gasteiger partial charge in [0.15, 0.2) is 0 Å². The van der Waals surface area contributed by atoms with Crippen LogP contribution in [-0.2, 0) is 0 Å². The van der Waals surface area contributed by atoms with Crippen LogP contribution in [-0.4, -0.2) is 10.8 Å². The molecule has 1 heterocycles. The number of hydrogen-bond acceptors (Lipinski definition) is 3. The Morgan fingerprint density at radius 1 is 1.11 bits per heavy atom. The van der Waals surface area contributed by atoms with Crippen LogP contribution in [0.4, 0.5) is 0 Å². The number of hydrazone groups is 1. The van der Waals surface area contributed by atoms with Crippen LogP contribution in [0.15, 0.2) is 53.6 Å². The molecule has 0 saturated carbocycles. The number of aryl methyl sites for hydroxylation is 1. The standard InChI is InChI=1S/C16H16N2O/c1-11-6-2-3-7-12(11)14-10-15(18-17-14)13-8-4-5-9-16(13)19/h2-9,14,17,19H,10H2,1H3. The van der Waals surface area contributed by atoms with Crippen molar-refractivity contribution in [3.8, 4) is 5.75 Å². The summed E-state index contributed by atoms with van der Waals surface area (Å²) in [7, 11) is 0. The summed E-state index contributed by atoms with van der Waals surface area (Å²) in [5, 5.41) is 14.2. The molecule has 1 atom stereocenters. The van der Waals surface area contributed by atoms with Gasteiger partial charge < -0.3 is 10.5 Å². The molecule has 0 spiro atoms. The first-order valence-corrected chi connectivity index (χ1v) is 6.41. The van der Waals surface area contributed by atoms with Crippen molar-refractivity contribution >= 4 is 5.71 Å². The van der Waals surface area contributed by atoms with Gasteiger partial charge in [0.05, 0.1) is 11.8 Å². The predicted molar refractivity (Wildman–Crippen MR) is 76.3 cm³/mol. The second-order valence-electron chi connectivity index (χ2n) is 4.82. The van der Waals surface area contributed by atoms with Crippen molar-refractivity contribution in [2.45, 2.75) is 19.4 Å². The van der Waals surface area contributed by atoms with Crippen LogP contribution in [0.1, 0.15) is 29.2 Å². The lowest BCUT2D eigenvalue weighted by atomic mass is 9.96. The van der Waals surface area contributed by atoms with E-state index in [1.54, 1.807) is 6.07 Å². The van der Waals surface area contributed by atoms with E-state index in [4.69, 9.17) is 0 Å². The summed E-state index contributed by atoms with van der Waals surface area (Å²) >= 11 is 0. The molecule has 0 saturated heterocycles. The summed E-state index contributed by atoms with van der Waals surface area (Å²) in [6.07, 6.45) is 0.794. The average molecular weight is 252 g/mol. The zero-order valence-corrected chi connectivity index (χ0v) is 10.8. The second kappa shape index (κ2) is 4.76. The monoisotopic (exact) mass is 252 g/mol. The van der Waals surface area contributed by atoms with E-state index in [9.17, 15) is 5.11 Å². The number of benzene rings is 2. The lowest BCUT2D eigenvalue weighted by Gasteiger charge is -2.13. The highest BCUT2D eigenvalue weighted by molar-refractivity contribution is 6.03. The summed E-state index contributed by atoms with van der Waals surface area (Å²) in [6.45, 7) is 2.11. The molecule has 0 bridgehead atoms. The fourth-order valence-electron chi connectivity index (χ4n) is 2.49. The van der Waals surface area contributed by atoms with Gasteiger partial charge in [0, 0.05) is 12.0 Å². The SMILES string of the molecule is Cc1ccccc1C1CC(c2ccccc2O)=NN1. The molecule has 19 heavy (non-hydrogen) atoms. The van der Waals surface area contributed by atoms with Crippen LogP contribution in [0.25, 0.3) is 0 Å². The maximum atomic E-state index is 9.87. The number of phenolic OH excluding ortho intramolecular Hbond substituents is 1. The lowest BCUT2D eigenvalue weighted by molar-refractivity contribution is 0.474. The van der Waals surface area contributed by atoms with E-state index in [0.717, 1.165) is 17.7 Å². The molecule has 2 aromatic carbocycles. The summed E-state index contributed by atoms with van der Waals surface area (Å²) in [5.41, 5.74) is 7.41. The third-order valence-electron chi connectivity index (χ3n) is 3.53. The van der Waals surface area contributed by atoms with E-state index in [1.165, 1.54) is 11.1 Å². The normalized spacial score (nSPS) is 17.9.